The first-order chi connectivity index (χ1) is 9.54. The molecule has 3 amide bonds. The van der Waals surface area contributed by atoms with Crippen LogP contribution in [0.25, 0.3) is 0 Å². The molecule has 0 unspecified atom stereocenters. The quantitative estimate of drug-likeness (QED) is 0.506. The molecule has 7 heteroatoms. The smallest absolute Gasteiger partial charge is 0.314 e. The summed E-state index contributed by atoms with van der Waals surface area (Å²) in [5.41, 5.74) is 4.39. The minimum atomic E-state index is -0.877. The molecule has 0 heterocycles. The van der Waals surface area contributed by atoms with Crippen molar-refractivity contribution < 1.29 is 19.5 Å². The number of aliphatic carboxylic acids is 1. The molecule has 7 nitrogen and oxygen atoms in total. The summed E-state index contributed by atoms with van der Waals surface area (Å²) in [7, 11) is 0. The summed E-state index contributed by atoms with van der Waals surface area (Å²) in [5.74, 6) is -1.13. The van der Waals surface area contributed by atoms with E-state index in [4.69, 9.17) is 10.8 Å². The van der Waals surface area contributed by atoms with Gasteiger partial charge in [-0.15, -0.1) is 0 Å². The largest absolute Gasteiger partial charge is 0.481 e. The van der Waals surface area contributed by atoms with E-state index in [0.717, 1.165) is 6.42 Å². The molecule has 0 saturated heterocycles. The number of carbonyl (C=O) groups is 3. The van der Waals surface area contributed by atoms with E-state index in [-0.39, 0.29) is 25.4 Å². The number of carbonyl (C=O) groups excluding carboxylic acids is 2. The topological polar surface area (TPSA) is 122 Å². The first kappa shape index (κ1) is 19.2. The summed E-state index contributed by atoms with van der Waals surface area (Å²) in [5, 5.41) is 14.1. The van der Waals surface area contributed by atoms with Crippen LogP contribution in [0.4, 0.5) is 4.79 Å². The Balaban J connectivity index is 4.24. The van der Waals surface area contributed by atoms with Crippen LogP contribution in [-0.2, 0) is 9.59 Å². The Hall–Kier alpha value is -1.79. The minimum absolute atomic E-state index is 0.0191. The Bertz CT molecular complexity index is 380. The molecule has 1 atom stereocenters. The molecule has 21 heavy (non-hydrogen) atoms. The number of primary amides is 1. The molecule has 0 spiro atoms. The lowest BCUT2D eigenvalue weighted by Crippen LogP contribution is -2.46. The number of urea groups is 1. The van der Waals surface area contributed by atoms with Crippen LogP contribution in [0.1, 0.15) is 40.5 Å². The Morgan fingerprint density at radius 2 is 1.76 bits per heavy atom. The number of nitrogens with one attached hydrogen (secondary N) is 2. The second kappa shape index (κ2) is 8.49. The highest BCUT2D eigenvalue weighted by atomic mass is 16.4. The van der Waals surface area contributed by atoms with Gasteiger partial charge in [0.25, 0.3) is 0 Å². The van der Waals surface area contributed by atoms with Crippen LogP contribution in [0.5, 0.6) is 0 Å². The number of amides is 3. The third-order valence-corrected chi connectivity index (χ3v) is 3.18. The summed E-state index contributed by atoms with van der Waals surface area (Å²) < 4.78 is 0. The van der Waals surface area contributed by atoms with Crippen LogP contribution in [0.15, 0.2) is 0 Å². The van der Waals surface area contributed by atoms with E-state index >= 15 is 0 Å². The summed E-state index contributed by atoms with van der Waals surface area (Å²) in [6.45, 7) is 7.70. The van der Waals surface area contributed by atoms with E-state index in [1.165, 1.54) is 0 Å². The Morgan fingerprint density at radius 1 is 1.19 bits per heavy atom. The van der Waals surface area contributed by atoms with E-state index in [1.807, 2.05) is 13.8 Å². The predicted octanol–water partition coefficient (Wildman–Crippen LogP) is 0.934. The highest BCUT2D eigenvalue weighted by Gasteiger charge is 2.25. The second-order valence-electron chi connectivity index (χ2n) is 6.41. The van der Waals surface area contributed by atoms with Crippen LogP contribution in [-0.4, -0.2) is 36.1 Å². The van der Waals surface area contributed by atoms with Gasteiger partial charge in [0.15, 0.2) is 0 Å². The van der Waals surface area contributed by atoms with Gasteiger partial charge in [0.05, 0.1) is 5.41 Å². The van der Waals surface area contributed by atoms with E-state index in [9.17, 15) is 14.4 Å². The van der Waals surface area contributed by atoms with E-state index in [2.05, 4.69) is 10.6 Å². The minimum Gasteiger partial charge on any atom is -0.481 e. The van der Waals surface area contributed by atoms with E-state index in [1.54, 1.807) is 13.8 Å². The van der Waals surface area contributed by atoms with Crippen LogP contribution in [0.2, 0.25) is 0 Å². The normalized spacial score (nSPS) is 12.8. The lowest BCUT2D eigenvalue weighted by Gasteiger charge is -2.22. The molecule has 0 aliphatic carbocycles. The fourth-order valence-corrected chi connectivity index (χ4v) is 1.84. The number of hydrogen-bond donors (Lipinski definition) is 4. The van der Waals surface area contributed by atoms with Gasteiger partial charge >= 0.3 is 12.0 Å². The zero-order chi connectivity index (χ0) is 16.6. The molecule has 0 aromatic carbocycles. The fourth-order valence-electron chi connectivity index (χ4n) is 1.84. The van der Waals surface area contributed by atoms with E-state index < -0.39 is 23.3 Å². The van der Waals surface area contributed by atoms with Gasteiger partial charge in [-0.25, -0.2) is 4.79 Å². The molecule has 0 radical (unpaired) electrons. The van der Waals surface area contributed by atoms with Crippen molar-refractivity contribution in [3.05, 3.63) is 0 Å². The lowest BCUT2D eigenvalue weighted by atomic mass is 9.93. The first-order valence-electron chi connectivity index (χ1n) is 7.08. The Morgan fingerprint density at radius 3 is 2.19 bits per heavy atom. The van der Waals surface area contributed by atoms with Crippen LogP contribution < -0.4 is 16.4 Å². The Kier molecular flexibility index (Phi) is 7.76. The molecule has 0 bridgehead atoms. The molecular weight excluding hydrogens is 274 g/mol. The molecule has 0 fully saturated rings. The Labute approximate surface area is 125 Å². The molecule has 0 aliphatic heterocycles. The van der Waals surface area contributed by atoms with Crippen LogP contribution >= 0.6 is 0 Å². The van der Waals surface area contributed by atoms with Gasteiger partial charge in [-0.2, -0.15) is 0 Å². The average molecular weight is 301 g/mol. The third kappa shape index (κ3) is 8.88. The van der Waals surface area contributed by atoms with Gasteiger partial charge in [0.2, 0.25) is 5.91 Å². The standard InChI is InChI=1S/C14H27N3O4/c1-9(2)5-10(6-11(18)19)7-16-13(21)17-8-14(3,4)12(15)20/h9-10H,5-8H2,1-4H3,(H2,15,20)(H,18,19)(H2,16,17,21)/t10-/m0/s1. The average Bonchev–Trinajstić information content (AvgIpc) is 2.32. The predicted molar refractivity (Wildman–Crippen MR) is 79.6 cm³/mol. The van der Waals surface area contributed by atoms with Crippen molar-refractivity contribution >= 4 is 17.9 Å². The number of hydrogen-bond acceptors (Lipinski definition) is 3. The van der Waals surface area contributed by atoms with Gasteiger partial charge in [-0.1, -0.05) is 13.8 Å². The summed E-state index contributed by atoms with van der Waals surface area (Å²) in [6.07, 6.45) is 0.741. The van der Waals surface area contributed by atoms with Crippen molar-refractivity contribution in [3.8, 4) is 0 Å². The summed E-state index contributed by atoms with van der Waals surface area (Å²) in [6, 6.07) is -0.427. The maximum absolute atomic E-state index is 11.7. The van der Waals surface area contributed by atoms with E-state index in [0.29, 0.717) is 5.92 Å². The zero-order valence-corrected chi connectivity index (χ0v) is 13.2. The number of carboxylic acids is 1. The SMILES string of the molecule is CC(C)C[C@H](CNC(=O)NCC(C)(C)C(N)=O)CC(=O)O. The first-order valence-corrected chi connectivity index (χ1v) is 7.08. The highest BCUT2D eigenvalue weighted by Crippen LogP contribution is 2.15. The highest BCUT2D eigenvalue weighted by molar-refractivity contribution is 5.81. The number of nitrogens with two attached hydrogens (primary N) is 1. The van der Waals surface area contributed by atoms with Crippen molar-refractivity contribution in [2.24, 2.45) is 23.0 Å². The van der Waals surface area contributed by atoms with Crippen LogP contribution in [0, 0.1) is 17.3 Å². The number of carboxylic acid groups (broad SMARTS) is 1. The van der Waals surface area contributed by atoms with Gasteiger partial charge in [0, 0.05) is 19.5 Å². The molecule has 122 valence electrons. The second-order valence-corrected chi connectivity index (χ2v) is 6.41. The van der Waals surface area contributed by atoms with Crippen molar-refractivity contribution in [1.82, 2.24) is 10.6 Å². The molecule has 0 aromatic heterocycles. The van der Waals surface area contributed by atoms with Gasteiger partial charge < -0.3 is 21.5 Å². The molecule has 0 saturated carbocycles. The fraction of sp³-hybridized carbons (Fsp3) is 0.786. The van der Waals surface area contributed by atoms with Gasteiger partial charge in [0.1, 0.15) is 0 Å². The molecule has 0 aliphatic rings. The van der Waals surface area contributed by atoms with Crippen molar-refractivity contribution in [2.45, 2.75) is 40.5 Å². The van der Waals surface area contributed by atoms with Crippen LogP contribution in [0.3, 0.4) is 0 Å². The maximum atomic E-state index is 11.7. The summed E-state index contributed by atoms with van der Waals surface area (Å²) in [4.78, 5) is 33.6. The molecule has 5 N–H and O–H groups in total. The van der Waals surface area contributed by atoms with Crippen molar-refractivity contribution in [3.63, 3.8) is 0 Å². The van der Waals surface area contributed by atoms with Gasteiger partial charge in [-0.05, 0) is 32.1 Å². The molecular formula is C14H27N3O4. The monoisotopic (exact) mass is 301 g/mol. The van der Waals surface area contributed by atoms with Gasteiger partial charge in [-0.3, -0.25) is 9.59 Å². The zero-order valence-electron chi connectivity index (χ0n) is 13.2. The van der Waals surface area contributed by atoms with Crippen molar-refractivity contribution in [2.75, 3.05) is 13.1 Å². The molecule has 0 rings (SSSR count). The number of rotatable bonds is 9. The molecule has 0 aromatic rings. The van der Waals surface area contributed by atoms with Crippen molar-refractivity contribution in [1.29, 1.82) is 0 Å². The third-order valence-electron chi connectivity index (χ3n) is 3.18. The maximum Gasteiger partial charge on any atom is 0.314 e. The summed E-state index contributed by atoms with van der Waals surface area (Å²) >= 11 is 0. The lowest BCUT2D eigenvalue weighted by molar-refractivity contribution is -0.138.